The zero-order valence-electron chi connectivity index (χ0n) is 10.0. The third-order valence-electron chi connectivity index (χ3n) is 2.69. The summed E-state index contributed by atoms with van der Waals surface area (Å²) < 4.78 is 1.91. The molecule has 1 N–H and O–H groups in total. The Bertz CT molecular complexity index is 838. The number of benzene rings is 2. The Kier molecular flexibility index (Phi) is 3.62. The van der Waals surface area contributed by atoms with Gasteiger partial charge >= 0.3 is 0 Å². The van der Waals surface area contributed by atoms with Gasteiger partial charge in [0.05, 0.1) is 21.5 Å². The second-order valence-electron chi connectivity index (χ2n) is 4.06. The Balaban J connectivity index is 2.01. The fraction of sp³-hybridized carbons (Fsp3) is 0. The van der Waals surface area contributed by atoms with Crippen molar-refractivity contribution in [1.82, 2.24) is 4.98 Å². The molecule has 1 heterocycles. The molecule has 1 aromatic heterocycles. The van der Waals surface area contributed by atoms with Crippen LogP contribution in [-0.4, -0.2) is 4.98 Å². The number of hydrogen-bond donors (Lipinski definition) is 1. The van der Waals surface area contributed by atoms with Crippen LogP contribution in [0.2, 0.25) is 5.02 Å². The first kappa shape index (κ1) is 13.4. The molecule has 6 heteroatoms. The van der Waals surface area contributed by atoms with Crippen molar-refractivity contribution in [2.75, 3.05) is 5.32 Å². The summed E-state index contributed by atoms with van der Waals surface area (Å²) in [4.78, 5) is 4.48. The van der Waals surface area contributed by atoms with Gasteiger partial charge in [0.2, 0.25) is 0 Å². The number of halogens is 2. The zero-order valence-corrected chi connectivity index (χ0v) is 13.2. The maximum atomic E-state index is 9.12. The van der Waals surface area contributed by atoms with Crippen LogP contribution in [0, 0.1) is 11.3 Å². The van der Waals surface area contributed by atoms with Crippen LogP contribution in [0.3, 0.4) is 0 Å². The molecule has 0 unspecified atom stereocenters. The van der Waals surface area contributed by atoms with Gasteiger partial charge in [-0.3, -0.25) is 0 Å². The van der Waals surface area contributed by atoms with Gasteiger partial charge in [0, 0.05) is 9.50 Å². The lowest BCUT2D eigenvalue weighted by molar-refractivity contribution is 1.41. The van der Waals surface area contributed by atoms with Crippen molar-refractivity contribution in [2.45, 2.75) is 0 Å². The molecular formula is C14H7BrClN3S. The second kappa shape index (κ2) is 5.41. The lowest BCUT2D eigenvalue weighted by Crippen LogP contribution is -1.92. The predicted molar refractivity (Wildman–Crippen MR) is 86.8 cm³/mol. The van der Waals surface area contributed by atoms with E-state index in [1.54, 1.807) is 6.07 Å². The van der Waals surface area contributed by atoms with Crippen molar-refractivity contribution in [2.24, 2.45) is 0 Å². The van der Waals surface area contributed by atoms with Crippen molar-refractivity contribution < 1.29 is 0 Å². The van der Waals surface area contributed by atoms with E-state index < -0.39 is 0 Å². The van der Waals surface area contributed by atoms with Crippen LogP contribution in [-0.2, 0) is 0 Å². The molecule has 3 aromatic rings. The first-order valence-electron chi connectivity index (χ1n) is 5.68. The van der Waals surface area contributed by atoms with Crippen LogP contribution in [0.5, 0.6) is 0 Å². The standard InChI is InChI=1S/C14H7BrClN3S/c15-9-2-1-8(7-17)12(5-9)19-14-18-11-4-3-10(16)6-13(11)20-14/h1-6H,(H,18,19). The van der Waals surface area contributed by atoms with E-state index in [-0.39, 0.29) is 0 Å². The molecule has 0 spiro atoms. The molecule has 0 aliphatic rings. The highest BCUT2D eigenvalue weighted by molar-refractivity contribution is 9.10. The topological polar surface area (TPSA) is 48.7 Å². The lowest BCUT2D eigenvalue weighted by atomic mass is 10.2. The van der Waals surface area contributed by atoms with Gasteiger partial charge < -0.3 is 5.32 Å². The molecule has 0 radical (unpaired) electrons. The van der Waals surface area contributed by atoms with Crippen molar-refractivity contribution in [3.05, 3.63) is 51.5 Å². The van der Waals surface area contributed by atoms with Crippen molar-refractivity contribution in [3.63, 3.8) is 0 Å². The summed E-state index contributed by atoms with van der Waals surface area (Å²) in [5.74, 6) is 0. The molecule has 0 fully saturated rings. The predicted octanol–water partition coefficient (Wildman–Crippen LogP) is 5.33. The number of rotatable bonds is 2. The summed E-state index contributed by atoms with van der Waals surface area (Å²) in [6, 6.07) is 13.2. The number of hydrogen-bond acceptors (Lipinski definition) is 4. The molecular weight excluding hydrogens is 358 g/mol. The highest BCUT2D eigenvalue weighted by Crippen LogP contribution is 2.31. The highest BCUT2D eigenvalue weighted by atomic mass is 79.9. The van der Waals surface area contributed by atoms with E-state index in [0.717, 1.165) is 25.5 Å². The molecule has 2 aromatic carbocycles. The van der Waals surface area contributed by atoms with E-state index in [2.05, 4.69) is 32.3 Å². The molecule has 20 heavy (non-hydrogen) atoms. The van der Waals surface area contributed by atoms with Gasteiger partial charge in [0.25, 0.3) is 0 Å². The second-order valence-corrected chi connectivity index (χ2v) is 6.44. The minimum absolute atomic E-state index is 0.575. The Morgan fingerprint density at radius 3 is 2.90 bits per heavy atom. The minimum atomic E-state index is 0.575. The van der Waals surface area contributed by atoms with Crippen LogP contribution in [0.25, 0.3) is 10.2 Å². The average molecular weight is 365 g/mol. The lowest BCUT2D eigenvalue weighted by Gasteiger charge is -2.05. The van der Waals surface area contributed by atoms with Crippen LogP contribution >= 0.6 is 38.9 Å². The van der Waals surface area contributed by atoms with Crippen molar-refractivity contribution >= 4 is 59.9 Å². The van der Waals surface area contributed by atoms with Gasteiger partial charge in [0.15, 0.2) is 5.13 Å². The van der Waals surface area contributed by atoms with E-state index in [1.807, 2.05) is 30.3 Å². The molecule has 0 aliphatic heterocycles. The molecule has 0 bridgehead atoms. The zero-order chi connectivity index (χ0) is 14.1. The number of nitriles is 1. The Morgan fingerprint density at radius 2 is 2.10 bits per heavy atom. The van der Waals surface area contributed by atoms with E-state index in [0.29, 0.717) is 10.6 Å². The fourth-order valence-electron chi connectivity index (χ4n) is 1.78. The first-order valence-corrected chi connectivity index (χ1v) is 7.67. The van der Waals surface area contributed by atoms with Crippen molar-refractivity contribution in [3.8, 4) is 6.07 Å². The fourth-order valence-corrected chi connectivity index (χ4v) is 3.30. The Hall–Kier alpha value is -1.61. The number of aromatic nitrogens is 1. The molecule has 0 atom stereocenters. The average Bonchev–Trinajstić information content (AvgIpc) is 2.80. The largest absolute Gasteiger partial charge is 0.330 e. The van der Waals surface area contributed by atoms with E-state index in [1.165, 1.54) is 11.3 Å². The van der Waals surface area contributed by atoms with Gasteiger partial charge in [-0.2, -0.15) is 5.26 Å². The molecule has 98 valence electrons. The summed E-state index contributed by atoms with van der Waals surface area (Å²) in [5.41, 5.74) is 2.19. The summed E-state index contributed by atoms with van der Waals surface area (Å²) >= 11 is 10.9. The van der Waals surface area contributed by atoms with Crippen LogP contribution in [0.4, 0.5) is 10.8 Å². The SMILES string of the molecule is N#Cc1ccc(Br)cc1Nc1nc2ccc(Cl)cc2s1. The van der Waals surface area contributed by atoms with Crippen LogP contribution in [0.15, 0.2) is 40.9 Å². The molecule has 0 amide bonds. The summed E-state index contributed by atoms with van der Waals surface area (Å²) in [7, 11) is 0. The number of anilines is 2. The molecule has 3 rings (SSSR count). The van der Waals surface area contributed by atoms with Gasteiger partial charge in [-0.15, -0.1) is 0 Å². The number of fused-ring (bicyclic) bond motifs is 1. The highest BCUT2D eigenvalue weighted by Gasteiger charge is 2.08. The summed E-state index contributed by atoms with van der Waals surface area (Å²) in [6.45, 7) is 0. The third-order valence-corrected chi connectivity index (χ3v) is 4.36. The quantitative estimate of drug-likeness (QED) is 0.669. The molecule has 3 nitrogen and oxygen atoms in total. The Morgan fingerprint density at radius 1 is 1.25 bits per heavy atom. The van der Waals surface area contributed by atoms with Gasteiger partial charge in [-0.05, 0) is 36.4 Å². The summed E-state index contributed by atoms with van der Waals surface area (Å²) in [5, 5.41) is 13.7. The summed E-state index contributed by atoms with van der Waals surface area (Å²) in [6.07, 6.45) is 0. The number of nitrogens with zero attached hydrogens (tertiary/aromatic N) is 2. The van der Waals surface area contributed by atoms with E-state index in [9.17, 15) is 0 Å². The van der Waals surface area contributed by atoms with Gasteiger partial charge in [0.1, 0.15) is 6.07 Å². The third kappa shape index (κ3) is 2.63. The van der Waals surface area contributed by atoms with E-state index in [4.69, 9.17) is 16.9 Å². The van der Waals surface area contributed by atoms with Crippen LogP contribution < -0.4 is 5.32 Å². The smallest absolute Gasteiger partial charge is 0.188 e. The minimum Gasteiger partial charge on any atom is -0.330 e. The van der Waals surface area contributed by atoms with Crippen molar-refractivity contribution in [1.29, 1.82) is 5.26 Å². The van der Waals surface area contributed by atoms with E-state index >= 15 is 0 Å². The normalized spacial score (nSPS) is 10.4. The first-order chi connectivity index (χ1) is 9.65. The molecule has 0 aliphatic carbocycles. The monoisotopic (exact) mass is 363 g/mol. The molecule has 0 saturated carbocycles. The maximum absolute atomic E-state index is 9.12. The van der Waals surface area contributed by atoms with Crippen LogP contribution in [0.1, 0.15) is 5.56 Å². The van der Waals surface area contributed by atoms with Gasteiger partial charge in [-0.1, -0.05) is 38.9 Å². The maximum Gasteiger partial charge on any atom is 0.188 e. The molecule has 0 saturated heterocycles. The number of nitrogens with one attached hydrogen (secondary N) is 1. The Labute approximate surface area is 133 Å². The number of thiazole rings is 1. The van der Waals surface area contributed by atoms with Gasteiger partial charge in [-0.25, -0.2) is 4.98 Å².